The van der Waals surface area contributed by atoms with Crippen LogP contribution in [0.3, 0.4) is 0 Å². The molecule has 1 heterocycles. The summed E-state index contributed by atoms with van der Waals surface area (Å²) >= 11 is 9.44. The fraction of sp³-hybridized carbons (Fsp3) is 0.0667. The number of nitrogens with one attached hydrogen (secondary N) is 1. The van der Waals surface area contributed by atoms with Gasteiger partial charge in [-0.15, -0.1) is 5.10 Å². The van der Waals surface area contributed by atoms with Gasteiger partial charge < -0.3 is 5.32 Å². The summed E-state index contributed by atoms with van der Waals surface area (Å²) in [6, 6.07) is 13.9. The quantitative estimate of drug-likeness (QED) is 0.751. The Morgan fingerprint density at radius 3 is 2.81 bits per heavy atom. The van der Waals surface area contributed by atoms with Crippen molar-refractivity contribution >= 4 is 33.2 Å². The zero-order valence-corrected chi connectivity index (χ0v) is 13.3. The number of anilines is 1. The largest absolute Gasteiger partial charge is 0.379 e. The number of halogens is 2. The predicted molar refractivity (Wildman–Crippen MR) is 87.8 cm³/mol. The van der Waals surface area contributed by atoms with Gasteiger partial charge in [0.1, 0.15) is 0 Å². The first-order valence-electron chi connectivity index (χ1n) is 6.37. The molecule has 0 bridgehead atoms. The summed E-state index contributed by atoms with van der Waals surface area (Å²) in [4.78, 5) is 0. The highest BCUT2D eigenvalue weighted by Crippen LogP contribution is 2.24. The van der Waals surface area contributed by atoms with Gasteiger partial charge in [0.05, 0.1) is 28.8 Å². The zero-order chi connectivity index (χ0) is 14.7. The molecule has 1 aromatic heterocycles. The van der Waals surface area contributed by atoms with Gasteiger partial charge >= 0.3 is 0 Å². The van der Waals surface area contributed by atoms with E-state index in [1.807, 2.05) is 48.7 Å². The lowest BCUT2D eigenvalue weighted by atomic mass is 10.2. The summed E-state index contributed by atoms with van der Waals surface area (Å²) in [7, 11) is 0. The highest BCUT2D eigenvalue weighted by Gasteiger charge is 2.05. The first-order valence-corrected chi connectivity index (χ1v) is 7.54. The summed E-state index contributed by atoms with van der Waals surface area (Å²) in [5.74, 6) is 0. The SMILES string of the molecule is Clc1ccc(CNc2ccccc2-n2ccnn2)cc1Br. The van der Waals surface area contributed by atoms with Gasteiger partial charge in [-0.3, -0.25) is 0 Å². The minimum absolute atomic E-state index is 0.696. The Balaban J connectivity index is 1.81. The smallest absolute Gasteiger partial charge is 0.0894 e. The molecule has 3 aromatic rings. The maximum absolute atomic E-state index is 6.00. The summed E-state index contributed by atoms with van der Waals surface area (Å²) in [5, 5.41) is 12.0. The van der Waals surface area contributed by atoms with Gasteiger partial charge in [-0.1, -0.05) is 35.0 Å². The lowest BCUT2D eigenvalue weighted by molar-refractivity contribution is 0.803. The van der Waals surface area contributed by atoms with Gasteiger partial charge in [0.25, 0.3) is 0 Å². The highest BCUT2D eigenvalue weighted by molar-refractivity contribution is 9.10. The van der Waals surface area contributed by atoms with Crippen LogP contribution in [0.2, 0.25) is 5.02 Å². The predicted octanol–water partition coefficient (Wildman–Crippen LogP) is 4.30. The zero-order valence-electron chi connectivity index (χ0n) is 11.0. The Labute approximate surface area is 135 Å². The number of para-hydroxylation sites is 2. The maximum Gasteiger partial charge on any atom is 0.0894 e. The number of hydrogen-bond donors (Lipinski definition) is 1. The molecule has 0 aliphatic heterocycles. The first-order chi connectivity index (χ1) is 10.2. The molecule has 0 fully saturated rings. The lowest BCUT2D eigenvalue weighted by Crippen LogP contribution is -2.05. The molecule has 0 saturated heterocycles. The number of aromatic nitrogens is 3. The van der Waals surface area contributed by atoms with Gasteiger partial charge in [0, 0.05) is 11.0 Å². The van der Waals surface area contributed by atoms with Crippen LogP contribution < -0.4 is 5.32 Å². The fourth-order valence-electron chi connectivity index (χ4n) is 2.01. The monoisotopic (exact) mass is 362 g/mol. The van der Waals surface area contributed by atoms with Crippen molar-refractivity contribution in [1.29, 1.82) is 0 Å². The van der Waals surface area contributed by atoms with Crippen molar-refractivity contribution in [2.45, 2.75) is 6.54 Å². The van der Waals surface area contributed by atoms with E-state index in [1.165, 1.54) is 0 Å². The second-order valence-electron chi connectivity index (χ2n) is 4.47. The number of rotatable bonds is 4. The topological polar surface area (TPSA) is 42.7 Å². The molecule has 3 rings (SSSR count). The van der Waals surface area contributed by atoms with Crippen molar-refractivity contribution in [3.8, 4) is 5.69 Å². The molecule has 0 amide bonds. The van der Waals surface area contributed by atoms with Gasteiger partial charge in [0.15, 0.2) is 0 Å². The van der Waals surface area contributed by atoms with E-state index in [0.29, 0.717) is 11.6 Å². The molecular weight excluding hydrogens is 352 g/mol. The van der Waals surface area contributed by atoms with Crippen molar-refractivity contribution < 1.29 is 0 Å². The standard InChI is InChI=1S/C15H12BrClN4/c16-12-9-11(5-6-13(12)17)10-18-14-3-1-2-4-15(14)21-8-7-19-20-21/h1-9,18H,10H2. The Kier molecular flexibility index (Phi) is 4.22. The minimum Gasteiger partial charge on any atom is -0.379 e. The Morgan fingerprint density at radius 1 is 1.19 bits per heavy atom. The van der Waals surface area contributed by atoms with Crippen LogP contribution in [0.4, 0.5) is 5.69 Å². The van der Waals surface area contributed by atoms with E-state index in [9.17, 15) is 0 Å². The molecule has 0 unspecified atom stereocenters. The number of nitrogens with zero attached hydrogens (tertiary/aromatic N) is 3. The van der Waals surface area contributed by atoms with Crippen LogP contribution in [-0.4, -0.2) is 15.0 Å². The summed E-state index contributed by atoms with van der Waals surface area (Å²) in [6.07, 6.45) is 3.48. The molecule has 0 atom stereocenters. The van der Waals surface area contributed by atoms with Gasteiger partial charge in [-0.25, -0.2) is 4.68 Å². The second-order valence-corrected chi connectivity index (χ2v) is 5.73. The first kappa shape index (κ1) is 14.1. The minimum atomic E-state index is 0.696. The number of hydrogen-bond acceptors (Lipinski definition) is 3. The molecule has 2 aromatic carbocycles. The van der Waals surface area contributed by atoms with Crippen LogP contribution in [0.1, 0.15) is 5.56 Å². The average molecular weight is 364 g/mol. The molecular formula is C15H12BrClN4. The normalized spacial score (nSPS) is 10.6. The Bertz CT molecular complexity index is 743. The molecule has 0 radical (unpaired) electrons. The van der Waals surface area contributed by atoms with Crippen LogP contribution in [0, 0.1) is 0 Å². The second kappa shape index (κ2) is 6.28. The van der Waals surface area contributed by atoms with Gasteiger partial charge in [-0.05, 0) is 45.8 Å². The van der Waals surface area contributed by atoms with Gasteiger partial charge in [0.2, 0.25) is 0 Å². The van der Waals surface area contributed by atoms with Crippen LogP contribution in [0.15, 0.2) is 59.3 Å². The third-order valence-corrected chi connectivity index (χ3v) is 4.25. The molecule has 0 aliphatic rings. The van der Waals surface area contributed by atoms with Crippen molar-refractivity contribution in [3.63, 3.8) is 0 Å². The molecule has 0 aliphatic carbocycles. The van der Waals surface area contributed by atoms with Gasteiger partial charge in [-0.2, -0.15) is 0 Å². The van der Waals surface area contributed by atoms with E-state index in [0.717, 1.165) is 21.4 Å². The summed E-state index contributed by atoms with van der Waals surface area (Å²) < 4.78 is 2.63. The van der Waals surface area contributed by atoms with E-state index in [1.54, 1.807) is 10.9 Å². The molecule has 0 saturated carbocycles. The van der Waals surface area contributed by atoms with Crippen molar-refractivity contribution in [2.24, 2.45) is 0 Å². The fourth-order valence-corrected chi connectivity index (χ4v) is 2.55. The molecule has 106 valence electrons. The van der Waals surface area contributed by atoms with Crippen LogP contribution >= 0.6 is 27.5 Å². The highest BCUT2D eigenvalue weighted by atomic mass is 79.9. The third kappa shape index (κ3) is 3.25. The Hall–Kier alpha value is -1.85. The summed E-state index contributed by atoms with van der Waals surface area (Å²) in [5.41, 5.74) is 3.09. The number of benzene rings is 2. The molecule has 0 spiro atoms. The molecule has 1 N–H and O–H groups in total. The van der Waals surface area contributed by atoms with Crippen LogP contribution in [0.5, 0.6) is 0 Å². The van der Waals surface area contributed by atoms with E-state index in [-0.39, 0.29) is 0 Å². The van der Waals surface area contributed by atoms with E-state index in [4.69, 9.17) is 11.6 Å². The Morgan fingerprint density at radius 2 is 2.05 bits per heavy atom. The van der Waals surface area contributed by atoms with E-state index >= 15 is 0 Å². The van der Waals surface area contributed by atoms with Crippen LogP contribution in [-0.2, 0) is 6.54 Å². The third-order valence-electron chi connectivity index (χ3n) is 3.04. The molecule has 6 heteroatoms. The van der Waals surface area contributed by atoms with Crippen molar-refractivity contribution in [1.82, 2.24) is 15.0 Å². The lowest BCUT2D eigenvalue weighted by Gasteiger charge is -2.12. The average Bonchev–Trinajstić information content (AvgIpc) is 3.03. The maximum atomic E-state index is 6.00. The van der Waals surface area contributed by atoms with Crippen molar-refractivity contribution in [2.75, 3.05) is 5.32 Å². The van der Waals surface area contributed by atoms with E-state index < -0.39 is 0 Å². The van der Waals surface area contributed by atoms with Crippen molar-refractivity contribution in [3.05, 3.63) is 69.9 Å². The van der Waals surface area contributed by atoms with Crippen LogP contribution in [0.25, 0.3) is 5.69 Å². The summed E-state index contributed by atoms with van der Waals surface area (Å²) in [6.45, 7) is 0.696. The molecule has 21 heavy (non-hydrogen) atoms. The van der Waals surface area contributed by atoms with E-state index in [2.05, 4.69) is 31.6 Å². The molecule has 4 nitrogen and oxygen atoms in total.